The van der Waals surface area contributed by atoms with Crippen LogP contribution < -0.4 is 4.74 Å². The topological polar surface area (TPSA) is 46.5 Å². The van der Waals surface area contributed by atoms with Crippen LogP contribution in [0.2, 0.25) is 0 Å². The largest absolute Gasteiger partial charge is 0.482 e. The molecule has 0 radical (unpaired) electrons. The van der Waals surface area contributed by atoms with E-state index >= 15 is 0 Å². The van der Waals surface area contributed by atoms with E-state index in [1.807, 2.05) is 0 Å². The highest BCUT2D eigenvalue weighted by Gasteiger charge is 2.14. The van der Waals surface area contributed by atoms with Gasteiger partial charge in [0, 0.05) is 0 Å². The van der Waals surface area contributed by atoms with Crippen LogP contribution in [-0.2, 0) is 17.6 Å². The van der Waals surface area contributed by atoms with E-state index in [-0.39, 0.29) is 24.4 Å². The molecule has 0 aliphatic rings. The number of hydrogen-bond acceptors (Lipinski definition) is 2. The van der Waals surface area contributed by atoms with Gasteiger partial charge in [0.05, 0.1) is 0 Å². The number of rotatable bonds is 7. The molecule has 3 aromatic carbocycles. The van der Waals surface area contributed by atoms with Gasteiger partial charge in [0.1, 0.15) is 23.2 Å². The summed E-state index contributed by atoms with van der Waals surface area (Å²) >= 11 is 0. The molecule has 0 aliphatic carbocycles. The molecule has 3 nitrogen and oxygen atoms in total. The lowest BCUT2D eigenvalue weighted by atomic mass is 9.96. The molecule has 0 spiro atoms. The summed E-state index contributed by atoms with van der Waals surface area (Å²) in [7, 11) is 0. The average Bonchev–Trinajstić information content (AvgIpc) is 2.68. The molecule has 0 fully saturated rings. The summed E-state index contributed by atoms with van der Waals surface area (Å²) in [5, 5.41) is 8.75. The maximum absolute atomic E-state index is 14.3. The SMILES string of the molecule is Cc1c(OCC(=O)O)ccc(F)c1CCc1cc(-c2cccc(F)c2)ccc1F. The molecule has 6 heteroatoms. The number of carboxylic acids is 1. The maximum Gasteiger partial charge on any atom is 0.341 e. The van der Waals surface area contributed by atoms with Crippen LogP contribution >= 0.6 is 0 Å². The van der Waals surface area contributed by atoms with E-state index in [2.05, 4.69) is 0 Å². The third kappa shape index (κ3) is 4.96. The zero-order valence-electron chi connectivity index (χ0n) is 15.7. The van der Waals surface area contributed by atoms with E-state index in [4.69, 9.17) is 9.84 Å². The smallest absolute Gasteiger partial charge is 0.341 e. The zero-order chi connectivity index (χ0) is 21.0. The Morgan fingerprint density at radius 3 is 2.38 bits per heavy atom. The minimum atomic E-state index is -1.13. The van der Waals surface area contributed by atoms with Gasteiger partial charge in [-0.05, 0) is 84.0 Å². The van der Waals surface area contributed by atoms with Crippen LogP contribution in [0.4, 0.5) is 13.2 Å². The molecular formula is C23H19F3O3. The van der Waals surface area contributed by atoms with Crippen LogP contribution in [0.15, 0.2) is 54.6 Å². The van der Waals surface area contributed by atoms with Crippen molar-refractivity contribution in [2.24, 2.45) is 0 Å². The monoisotopic (exact) mass is 400 g/mol. The van der Waals surface area contributed by atoms with E-state index in [1.165, 1.54) is 30.3 Å². The maximum atomic E-state index is 14.3. The molecule has 0 aromatic heterocycles. The van der Waals surface area contributed by atoms with Crippen LogP contribution in [0.5, 0.6) is 5.75 Å². The summed E-state index contributed by atoms with van der Waals surface area (Å²) in [5.41, 5.74) is 2.48. The molecule has 0 unspecified atom stereocenters. The fraction of sp³-hybridized carbons (Fsp3) is 0.174. The minimum Gasteiger partial charge on any atom is -0.482 e. The lowest BCUT2D eigenvalue weighted by Crippen LogP contribution is -2.11. The Morgan fingerprint density at radius 2 is 1.66 bits per heavy atom. The van der Waals surface area contributed by atoms with Crippen LogP contribution in [0.25, 0.3) is 11.1 Å². The van der Waals surface area contributed by atoms with Crippen molar-refractivity contribution in [3.63, 3.8) is 0 Å². The van der Waals surface area contributed by atoms with Gasteiger partial charge < -0.3 is 9.84 Å². The highest BCUT2D eigenvalue weighted by Crippen LogP contribution is 2.27. The van der Waals surface area contributed by atoms with Crippen molar-refractivity contribution in [1.82, 2.24) is 0 Å². The van der Waals surface area contributed by atoms with Gasteiger partial charge >= 0.3 is 5.97 Å². The third-order valence-electron chi connectivity index (χ3n) is 4.69. The van der Waals surface area contributed by atoms with E-state index in [0.29, 0.717) is 27.8 Å². The summed E-state index contributed by atoms with van der Waals surface area (Å²) in [6.07, 6.45) is 0.417. The Bertz CT molecular complexity index is 1050. The molecule has 0 heterocycles. The van der Waals surface area contributed by atoms with Gasteiger partial charge in [-0.2, -0.15) is 0 Å². The molecule has 0 bridgehead atoms. The van der Waals surface area contributed by atoms with E-state index in [1.54, 1.807) is 31.2 Å². The van der Waals surface area contributed by atoms with E-state index < -0.39 is 24.2 Å². The highest BCUT2D eigenvalue weighted by atomic mass is 19.1. The number of carbonyl (C=O) groups is 1. The first-order valence-corrected chi connectivity index (χ1v) is 9.02. The summed E-state index contributed by atoms with van der Waals surface area (Å²) in [4.78, 5) is 10.7. The van der Waals surface area contributed by atoms with Gasteiger partial charge in [0.2, 0.25) is 0 Å². The molecule has 0 amide bonds. The first kappa shape index (κ1) is 20.5. The molecule has 29 heavy (non-hydrogen) atoms. The van der Waals surface area contributed by atoms with Crippen LogP contribution in [0.1, 0.15) is 16.7 Å². The highest BCUT2D eigenvalue weighted by molar-refractivity contribution is 5.68. The number of benzene rings is 3. The quantitative estimate of drug-likeness (QED) is 0.583. The summed E-state index contributed by atoms with van der Waals surface area (Å²) in [5.74, 6) is -2.14. The average molecular weight is 400 g/mol. The minimum absolute atomic E-state index is 0.200. The van der Waals surface area contributed by atoms with Crippen LogP contribution in [0, 0.1) is 24.4 Å². The van der Waals surface area contributed by atoms with Gasteiger partial charge in [-0.15, -0.1) is 0 Å². The molecule has 3 rings (SSSR count). The van der Waals surface area contributed by atoms with Gasteiger partial charge in [-0.3, -0.25) is 0 Å². The molecular weight excluding hydrogens is 381 g/mol. The van der Waals surface area contributed by atoms with Crippen molar-refractivity contribution in [3.8, 4) is 16.9 Å². The molecule has 3 aromatic rings. The summed E-state index contributed by atoms with van der Waals surface area (Å²) in [6, 6.07) is 13.1. The van der Waals surface area contributed by atoms with Crippen molar-refractivity contribution >= 4 is 5.97 Å². The number of halogens is 3. The van der Waals surface area contributed by atoms with Crippen molar-refractivity contribution in [3.05, 3.63) is 88.7 Å². The number of aliphatic carboxylic acids is 1. The van der Waals surface area contributed by atoms with Gasteiger partial charge in [0.25, 0.3) is 0 Å². The molecule has 0 saturated heterocycles. The van der Waals surface area contributed by atoms with Gasteiger partial charge in [-0.1, -0.05) is 18.2 Å². The lowest BCUT2D eigenvalue weighted by molar-refractivity contribution is -0.139. The Balaban J connectivity index is 1.83. The first-order valence-electron chi connectivity index (χ1n) is 9.02. The Kier molecular flexibility index (Phi) is 6.22. The third-order valence-corrected chi connectivity index (χ3v) is 4.69. The fourth-order valence-electron chi connectivity index (χ4n) is 3.18. The van der Waals surface area contributed by atoms with Crippen molar-refractivity contribution in [2.45, 2.75) is 19.8 Å². The number of carboxylic acid groups (broad SMARTS) is 1. The fourth-order valence-corrected chi connectivity index (χ4v) is 3.18. The summed E-state index contributed by atoms with van der Waals surface area (Å²) < 4.78 is 47.3. The number of ether oxygens (including phenoxy) is 1. The second-order valence-electron chi connectivity index (χ2n) is 6.65. The van der Waals surface area contributed by atoms with E-state index in [0.717, 1.165) is 0 Å². The first-order chi connectivity index (χ1) is 13.8. The van der Waals surface area contributed by atoms with Crippen molar-refractivity contribution in [2.75, 3.05) is 6.61 Å². The predicted octanol–water partition coefficient (Wildman–Crippen LogP) is 5.33. The second kappa shape index (κ2) is 8.82. The Morgan fingerprint density at radius 1 is 0.931 bits per heavy atom. The standard InChI is InChI=1S/C23H19F3O3/c1-14-19(21(26)9-10-22(14)29-13-23(27)28)7-5-17-11-16(6-8-20(17)25)15-3-2-4-18(24)12-15/h2-4,6,8-12H,5,7,13H2,1H3,(H,27,28). The molecule has 1 N–H and O–H groups in total. The van der Waals surface area contributed by atoms with E-state index in [9.17, 15) is 18.0 Å². The lowest BCUT2D eigenvalue weighted by Gasteiger charge is -2.13. The molecule has 0 aliphatic heterocycles. The molecule has 0 atom stereocenters. The van der Waals surface area contributed by atoms with Gasteiger partial charge in [-0.25, -0.2) is 18.0 Å². The Labute approximate surface area is 166 Å². The predicted molar refractivity (Wildman–Crippen MR) is 103 cm³/mol. The molecule has 150 valence electrons. The van der Waals surface area contributed by atoms with Crippen LogP contribution in [-0.4, -0.2) is 17.7 Å². The number of hydrogen-bond donors (Lipinski definition) is 1. The Hall–Kier alpha value is -3.28. The molecule has 0 saturated carbocycles. The van der Waals surface area contributed by atoms with Crippen molar-refractivity contribution in [1.29, 1.82) is 0 Å². The van der Waals surface area contributed by atoms with Crippen molar-refractivity contribution < 1.29 is 27.8 Å². The van der Waals surface area contributed by atoms with Crippen LogP contribution in [0.3, 0.4) is 0 Å². The number of aryl methyl sites for hydroxylation is 1. The second-order valence-corrected chi connectivity index (χ2v) is 6.65. The van der Waals surface area contributed by atoms with Gasteiger partial charge in [0.15, 0.2) is 6.61 Å². The zero-order valence-corrected chi connectivity index (χ0v) is 15.7. The normalized spacial score (nSPS) is 10.8. The summed E-state index contributed by atoms with van der Waals surface area (Å²) in [6.45, 7) is 1.10.